The Labute approximate surface area is 88.1 Å². The largest absolute Gasteiger partial charge is 0.324 e. The fraction of sp³-hybridized carbons (Fsp3) is 0.455. The van der Waals surface area contributed by atoms with Gasteiger partial charge in [-0.3, -0.25) is 0 Å². The van der Waals surface area contributed by atoms with Gasteiger partial charge in [0, 0.05) is 11.1 Å². The third-order valence-electron chi connectivity index (χ3n) is 2.95. The molecule has 0 aromatic heterocycles. The summed E-state index contributed by atoms with van der Waals surface area (Å²) < 4.78 is 13.0. The van der Waals surface area contributed by atoms with Crippen molar-refractivity contribution >= 4 is 11.6 Å². The van der Waals surface area contributed by atoms with Crippen molar-refractivity contribution in [2.45, 2.75) is 19.4 Å². The van der Waals surface area contributed by atoms with E-state index < -0.39 is 0 Å². The smallest absolute Gasteiger partial charge is 0.123 e. The number of benzene rings is 1. The monoisotopic (exact) mass is 213 g/mol. The fourth-order valence-corrected chi connectivity index (χ4v) is 2.10. The predicted molar refractivity (Wildman–Crippen MR) is 55.6 cm³/mol. The standard InChI is InChI=1S/C11H13ClFN/c1-6-4-8(6)11(14)9-5-7(13)2-3-10(9)12/h2-3,5-6,8,11H,4,14H2,1H3. The molecule has 0 bridgehead atoms. The number of halogens is 2. The molecule has 3 heteroatoms. The van der Waals surface area contributed by atoms with Gasteiger partial charge in [-0.2, -0.15) is 0 Å². The second kappa shape index (κ2) is 3.52. The molecule has 14 heavy (non-hydrogen) atoms. The van der Waals surface area contributed by atoms with E-state index in [0.717, 1.165) is 12.0 Å². The number of rotatable bonds is 2. The second-order valence-corrected chi connectivity index (χ2v) is 4.48. The molecule has 76 valence electrons. The summed E-state index contributed by atoms with van der Waals surface area (Å²) in [6, 6.07) is 4.25. The molecule has 0 heterocycles. The van der Waals surface area contributed by atoms with Gasteiger partial charge in [0.25, 0.3) is 0 Å². The van der Waals surface area contributed by atoms with Crippen molar-refractivity contribution in [2.24, 2.45) is 17.6 Å². The van der Waals surface area contributed by atoms with Gasteiger partial charge in [0.2, 0.25) is 0 Å². The van der Waals surface area contributed by atoms with E-state index in [-0.39, 0.29) is 11.9 Å². The van der Waals surface area contributed by atoms with E-state index in [1.807, 2.05) is 0 Å². The Morgan fingerprint density at radius 1 is 1.57 bits per heavy atom. The van der Waals surface area contributed by atoms with Crippen LogP contribution in [-0.4, -0.2) is 0 Å². The zero-order chi connectivity index (χ0) is 10.3. The maximum atomic E-state index is 13.0. The van der Waals surface area contributed by atoms with Gasteiger partial charge in [0.1, 0.15) is 5.82 Å². The SMILES string of the molecule is CC1CC1C(N)c1cc(F)ccc1Cl. The zero-order valence-electron chi connectivity index (χ0n) is 8.00. The molecule has 1 aliphatic rings. The van der Waals surface area contributed by atoms with E-state index in [2.05, 4.69) is 6.92 Å². The summed E-state index contributed by atoms with van der Waals surface area (Å²) in [7, 11) is 0. The van der Waals surface area contributed by atoms with E-state index in [0.29, 0.717) is 16.9 Å². The Morgan fingerprint density at radius 2 is 2.21 bits per heavy atom. The molecule has 2 N–H and O–H groups in total. The number of nitrogens with two attached hydrogens (primary N) is 1. The third-order valence-corrected chi connectivity index (χ3v) is 3.29. The molecule has 3 atom stereocenters. The molecule has 0 spiro atoms. The Morgan fingerprint density at radius 3 is 2.79 bits per heavy atom. The lowest BCUT2D eigenvalue weighted by molar-refractivity contribution is 0.579. The molecule has 0 amide bonds. The van der Waals surface area contributed by atoms with Crippen molar-refractivity contribution in [3.05, 3.63) is 34.6 Å². The minimum absolute atomic E-state index is 0.117. The van der Waals surface area contributed by atoms with Crippen LogP contribution in [0, 0.1) is 17.7 Å². The van der Waals surface area contributed by atoms with Crippen LogP contribution in [-0.2, 0) is 0 Å². The van der Waals surface area contributed by atoms with Crippen LogP contribution < -0.4 is 5.73 Å². The van der Waals surface area contributed by atoms with Gasteiger partial charge in [0.15, 0.2) is 0 Å². The highest BCUT2D eigenvalue weighted by molar-refractivity contribution is 6.31. The minimum Gasteiger partial charge on any atom is -0.324 e. The van der Waals surface area contributed by atoms with E-state index in [1.54, 1.807) is 6.07 Å². The molecule has 3 unspecified atom stereocenters. The highest BCUT2D eigenvalue weighted by Crippen LogP contribution is 2.46. The van der Waals surface area contributed by atoms with Crippen LogP contribution in [0.5, 0.6) is 0 Å². The van der Waals surface area contributed by atoms with Crippen molar-refractivity contribution in [2.75, 3.05) is 0 Å². The van der Waals surface area contributed by atoms with E-state index >= 15 is 0 Å². The zero-order valence-corrected chi connectivity index (χ0v) is 8.76. The molecule has 1 aliphatic carbocycles. The van der Waals surface area contributed by atoms with Crippen LogP contribution in [0.2, 0.25) is 5.02 Å². The summed E-state index contributed by atoms with van der Waals surface area (Å²) >= 11 is 5.96. The van der Waals surface area contributed by atoms with Crippen molar-refractivity contribution in [3.8, 4) is 0 Å². The minimum atomic E-state index is -0.270. The quantitative estimate of drug-likeness (QED) is 0.803. The Bertz CT molecular complexity index is 353. The first-order valence-electron chi connectivity index (χ1n) is 4.80. The molecule has 1 fully saturated rings. The molecule has 1 nitrogen and oxygen atoms in total. The Kier molecular flexibility index (Phi) is 2.50. The van der Waals surface area contributed by atoms with Gasteiger partial charge >= 0.3 is 0 Å². The average molecular weight is 214 g/mol. The van der Waals surface area contributed by atoms with Gasteiger partial charge in [-0.15, -0.1) is 0 Å². The summed E-state index contributed by atoms with van der Waals surface area (Å²) in [6.45, 7) is 2.15. The van der Waals surface area contributed by atoms with Crippen LogP contribution >= 0.6 is 11.6 Å². The molecular formula is C11H13ClFN. The summed E-state index contributed by atoms with van der Waals surface area (Å²) in [5, 5.41) is 0.568. The summed E-state index contributed by atoms with van der Waals surface area (Å²) in [6.07, 6.45) is 1.12. The van der Waals surface area contributed by atoms with Gasteiger partial charge in [-0.25, -0.2) is 4.39 Å². The van der Waals surface area contributed by atoms with Crippen molar-refractivity contribution < 1.29 is 4.39 Å². The van der Waals surface area contributed by atoms with Crippen LogP contribution in [0.25, 0.3) is 0 Å². The topological polar surface area (TPSA) is 26.0 Å². The lowest BCUT2D eigenvalue weighted by Gasteiger charge is -2.13. The van der Waals surface area contributed by atoms with Crippen LogP contribution in [0.3, 0.4) is 0 Å². The third kappa shape index (κ3) is 1.77. The Balaban J connectivity index is 2.26. The van der Waals surface area contributed by atoms with Gasteiger partial charge < -0.3 is 5.73 Å². The molecule has 0 radical (unpaired) electrons. The average Bonchev–Trinajstić information content (AvgIpc) is 2.86. The summed E-state index contributed by atoms with van der Waals surface area (Å²) in [5.41, 5.74) is 6.75. The van der Waals surface area contributed by atoms with E-state index in [4.69, 9.17) is 17.3 Å². The molecule has 1 saturated carbocycles. The normalized spacial score (nSPS) is 27.4. The van der Waals surface area contributed by atoms with E-state index in [1.165, 1.54) is 12.1 Å². The first-order valence-corrected chi connectivity index (χ1v) is 5.18. The molecular weight excluding hydrogens is 201 g/mol. The highest BCUT2D eigenvalue weighted by Gasteiger charge is 2.38. The fourth-order valence-electron chi connectivity index (χ4n) is 1.85. The summed E-state index contributed by atoms with van der Waals surface area (Å²) in [5.74, 6) is 0.840. The van der Waals surface area contributed by atoms with Crippen molar-refractivity contribution in [1.29, 1.82) is 0 Å². The number of hydrogen-bond donors (Lipinski definition) is 1. The predicted octanol–water partition coefficient (Wildman–Crippen LogP) is 3.13. The van der Waals surface area contributed by atoms with E-state index in [9.17, 15) is 4.39 Å². The Hall–Kier alpha value is -0.600. The summed E-state index contributed by atoms with van der Waals surface area (Å²) in [4.78, 5) is 0. The lowest BCUT2D eigenvalue weighted by Crippen LogP contribution is -2.14. The van der Waals surface area contributed by atoms with Crippen LogP contribution in [0.15, 0.2) is 18.2 Å². The van der Waals surface area contributed by atoms with Crippen LogP contribution in [0.1, 0.15) is 24.9 Å². The molecule has 2 rings (SSSR count). The van der Waals surface area contributed by atoms with Gasteiger partial charge in [-0.1, -0.05) is 18.5 Å². The molecule has 0 aliphatic heterocycles. The number of hydrogen-bond acceptors (Lipinski definition) is 1. The highest BCUT2D eigenvalue weighted by atomic mass is 35.5. The lowest BCUT2D eigenvalue weighted by atomic mass is 10.0. The first-order chi connectivity index (χ1) is 6.59. The molecule has 0 saturated heterocycles. The van der Waals surface area contributed by atoms with Crippen molar-refractivity contribution in [3.63, 3.8) is 0 Å². The van der Waals surface area contributed by atoms with Crippen molar-refractivity contribution in [1.82, 2.24) is 0 Å². The first kappa shape index (κ1) is 9.94. The maximum Gasteiger partial charge on any atom is 0.123 e. The van der Waals surface area contributed by atoms with Gasteiger partial charge in [0.05, 0.1) is 0 Å². The second-order valence-electron chi connectivity index (χ2n) is 4.07. The molecule has 1 aromatic carbocycles. The maximum absolute atomic E-state index is 13.0. The molecule has 1 aromatic rings. The van der Waals surface area contributed by atoms with Gasteiger partial charge in [-0.05, 0) is 42.0 Å². The van der Waals surface area contributed by atoms with Crippen LogP contribution in [0.4, 0.5) is 4.39 Å².